The Labute approximate surface area is 102 Å². The molecular formula is C11H11BrO4. The van der Waals surface area contributed by atoms with Crippen LogP contribution in [0.25, 0.3) is 5.57 Å². The number of hydrogen-bond acceptors (Lipinski definition) is 3. The molecule has 0 atom stereocenters. The molecule has 0 aliphatic rings. The fraction of sp³-hybridized carbons (Fsp3) is 0.182. The first-order valence-electron chi connectivity index (χ1n) is 4.35. The summed E-state index contributed by atoms with van der Waals surface area (Å²) in [4.78, 5) is 10.8. The highest BCUT2D eigenvalue weighted by atomic mass is 79.9. The van der Waals surface area contributed by atoms with Crippen molar-refractivity contribution in [2.45, 2.75) is 0 Å². The van der Waals surface area contributed by atoms with Crippen molar-refractivity contribution in [3.05, 3.63) is 28.7 Å². The molecule has 16 heavy (non-hydrogen) atoms. The summed E-state index contributed by atoms with van der Waals surface area (Å²) < 4.78 is 10.8. The van der Waals surface area contributed by atoms with Crippen LogP contribution in [-0.2, 0) is 4.79 Å². The van der Waals surface area contributed by atoms with E-state index in [9.17, 15) is 4.79 Å². The zero-order chi connectivity index (χ0) is 12.3. The molecule has 4 nitrogen and oxygen atoms in total. The molecule has 0 radical (unpaired) electrons. The van der Waals surface area contributed by atoms with E-state index in [2.05, 4.69) is 22.5 Å². The van der Waals surface area contributed by atoms with E-state index in [0.29, 0.717) is 21.5 Å². The number of rotatable bonds is 4. The standard InChI is InChI=1S/C11H11BrO4/c1-6(11(13)14)7-4-8(15-2)10(12)9(5-7)16-3/h4-5H,1H2,2-3H3,(H,13,14). The molecule has 1 N–H and O–H groups in total. The first-order valence-corrected chi connectivity index (χ1v) is 5.14. The van der Waals surface area contributed by atoms with Crippen LogP contribution in [0.3, 0.4) is 0 Å². The molecule has 1 aromatic carbocycles. The van der Waals surface area contributed by atoms with Crippen LogP contribution in [0.2, 0.25) is 0 Å². The number of carboxylic acid groups (broad SMARTS) is 1. The van der Waals surface area contributed by atoms with Crippen LogP contribution in [0.15, 0.2) is 23.2 Å². The van der Waals surface area contributed by atoms with Gasteiger partial charge in [0.1, 0.15) is 16.0 Å². The van der Waals surface area contributed by atoms with Gasteiger partial charge in [-0.2, -0.15) is 0 Å². The molecule has 0 heterocycles. The number of ether oxygens (including phenoxy) is 2. The van der Waals surface area contributed by atoms with Crippen molar-refractivity contribution in [1.82, 2.24) is 0 Å². The number of aliphatic carboxylic acids is 1. The van der Waals surface area contributed by atoms with Gasteiger partial charge in [0.2, 0.25) is 0 Å². The summed E-state index contributed by atoms with van der Waals surface area (Å²) in [5.41, 5.74) is 0.438. The molecule has 0 unspecified atom stereocenters. The van der Waals surface area contributed by atoms with E-state index in [4.69, 9.17) is 14.6 Å². The first-order chi connectivity index (χ1) is 7.51. The SMILES string of the molecule is C=C(C(=O)O)c1cc(OC)c(Br)c(OC)c1. The molecule has 0 aromatic heterocycles. The van der Waals surface area contributed by atoms with Gasteiger partial charge in [-0.3, -0.25) is 0 Å². The van der Waals surface area contributed by atoms with Crippen LogP contribution in [-0.4, -0.2) is 25.3 Å². The van der Waals surface area contributed by atoms with Crippen LogP contribution in [0.5, 0.6) is 11.5 Å². The quantitative estimate of drug-likeness (QED) is 0.865. The molecule has 0 fully saturated rings. The van der Waals surface area contributed by atoms with Crippen LogP contribution in [0, 0.1) is 0 Å². The highest BCUT2D eigenvalue weighted by molar-refractivity contribution is 9.10. The van der Waals surface area contributed by atoms with Gasteiger partial charge in [0.15, 0.2) is 0 Å². The first kappa shape index (κ1) is 12.6. The van der Waals surface area contributed by atoms with E-state index in [-0.39, 0.29) is 5.57 Å². The Balaban J connectivity index is 3.32. The molecule has 1 aromatic rings. The fourth-order valence-electron chi connectivity index (χ4n) is 1.17. The molecule has 0 amide bonds. The zero-order valence-corrected chi connectivity index (χ0v) is 10.5. The van der Waals surface area contributed by atoms with Crippen molar-refractivity contribution in [2.24, 2.45) is 0 Å². The lowest BCUT2D eigenvalue weighted by molar-refractivity contribution is -0.130. The van der Waals surface area contributed by atoms with Crippen molar-refractivity contribution in [2.75, 3.05) is 14.2 Å². The summed E-state index contributed by atoms with van der Waals surface area (Å²) in [6.45, 7) is 3.48. The smallest absolute Gasteiger partial charge is 0.335 e. The second-order valence-electron chi connectivity index (χ2n) is 2.98. The third kappa shape index (κ3) is 2.36. The highest BCUT2D eigenvalue weighted by Crippen LogP contribution is 2.37. The van der Waals surface area contributed by atoms with E-state index in [1.54, 1.807) is 12.1 Å². The lowest BCUT2D eigenvalue weighted by Gasteiger charge is -2.11. The number of carboxylic acids is 1. The van der Waals surface area contributed by atoms with Crippen molar-refractivity contribution in [1.29, 1.82) is 0 Å². The van der Waals surface area contributed by atoms with Crippen molar-refractivity contribution in [3.63, 3.8) is 0 Å². The molecule has 0 bridgehead atoms. The average Bonchev–Trinajstić information content (AvgIpc) is 2.28. The summed E-state index contributed by atoms with van der Waals surface area (Å²) in [5, 5.41) is 8.84. The molecule has 0 aliphatic carbocycles. The van der Waals surface area contributed by atoms with Crippen molar-refractivity contribution < 1.29 is 19.4 Å². The third-order valence-electron chi connectivity index (χ3n) is 2.05. The molecule has 0 spiro atoms. The molecular weight excluding hydrogens is 276 g/mol. The molecule has 86 valence electrons. The Morgan fingerprint density at radius 1 is 1.31 bits per heavy atom. The minimum atomic E-state index is -1.08. The maximum Gasteiger partial charge on any atom is 0.335 e. The van der Waals surface area contributed by atoms with Crippen molar-refractivity contribution >= 4 is 27.5 Å². The second kappa shape index (κ2) is 5.03. The Morgan fingerprint density at radius 2 is 1.75 bits per heavy atom. The van der Waals surface area contributed by atoms with Gasteiger partial charge in [-0.15, -0.1) is 0 Å². The van der Waals surface area contributed by atoms with Crippen LogP contribution >= 0.6 is 15.9 Å². The number of benzene rings is 1. The Kier molecular flexibility index (Phi) is 3.95. The topological polar surface area (TPSA) is 55.8 Å². The van der Waals surface area contributed by atoms with Gasteiger partial charge in [-0.25, -0.2) is 4.79 Å². The summed E-state index contributed by atoms with van der Waals surface area (Å²) in [5.74, 6) is -0.0834. The largest absolute Gasteiger partial charge is 0.495 e. The molecule has 0 aliphatic heterocycles. The Hall–Kier alpha value is -1.49. The third-order valence-corrected chi connectivity index (χ3v) is 2.83. The predicted molar refractivity (Wildman–Crippen MR) is 63.9 cm³/mol. The van der Waals surface area contributed by atoms with Crippen LogP contribution in [0.4, 0.5) is 0 Å². The van der Waals surface area contributed by atoms with Gasteiger partial charge >= 0.3 is 5.97 Å². The monoisotopic (exact) mass is 286 g/mol. The van der Waals surface area contributed by atoms with Gasteiger partial charge in [0.05, 0.1) is 19.8 Å². The van der Waals surface area contributed by atoms with Gasteiger partial charge in [-0.1, -0.05) is 6.58 Å². The number of methoxy groups -OCH3 is 2. The van der Waals surface area contributed by atoms with Gasteiger partial charge < -0.3 is 14.6 Å². The summed E-state index contributed by atoms with van der Waals surface area (Å²) in [6, 6.07) is 3.17. The summed E-state index contributed by atoms with van der Waals surface area (Å²) in [7, 11) is 2.99. The number of halogens is 1. The second-order valence-corrected chi connectivity index (χ2v) is 3.77. The highest BCUT2D eigenvalue weighted by Gasteiger charge is 2.14. The minimum Gasteiger partial charge on any atom is -0.495 e. The Bertz CT molecular complexity index is 415. The van der Waals surface area contributed by atoms with Crippen LogP contribution < -0.4 is 9.47 Å². The lowest BCUT2D eigenvalue weighted by Crippen LogP contribution is -2.00. The van der Waals surface area contributed by atoms with E-state index in [1.165, 1.54) is 14.2 Å². The predicted octanol–water partition coefficient (Wildman–Crippen LogP) is 2.56. The van der Waals surface area contributed by atoms with Gasteiger partial charge in [0, 0.05) is 0 Å². The van der Waals surface area contributed by atoms with Crippen molar-refractivity contribution in [3.8, 4) is 11.5 Å². The molecule has 0 saturated carbocycles. The van der Waals surface area contributed by atoms with E-state index in [0.717, 1.165) is 0 Å². The molecule has 5 heteroatoms. The van der Waals surface area contributed by atoms with Crippen LogP contribution in [0.1, 0.15) is 5.56 Å². The summed E-state index contributed by atoms with van der Waals surface area (Å²) in [6.07, 6.45) is 0. The minimum absolute atomic E-state index is 0.0101. The van der Waals surface area contributed by atoms with E-state index >= 15 is 0 Å². The fourth-order valence-corrected chi connectivity index (χ4v) is 1.72. The number of carbonyl (C=O) groups is 1. The van der Waals surface area contributed by atoms with Gasteiger partial charge in [0.25, 0.3) is 0 Å². The molecule has 1 rings (SSSR count). The van der Waals surface area contributed by atoms with E-state index < -0.39 is 5.97 Å². The number of hydrogen-bond donors (Lipinski definition) is 1. The summed E-state index contributed by atoms with van der Waals surface area (Å²) >= 11 is 3.29. The zero-order valence-electron chi connectivity index (χ0n) is 8.91. The van der Waals surface area contributed by atoms with E-state index in [1.807, 2.05) is 0 Å². The normalized spacial score (nSPS) is 9.69. The van der Waals surface area contributed by atoms with Gasteiger partial charge in [-0.05, 0) is 33.6 Å². The maximum atomic E-state index is 10.8. The molecule has 0 saturated heterocycles. The maximum absolute atomic E-state index is 10.8. The Morgan fingerprint density at radius 3 is 2.06 bits per heavy atom. The lowest BCUT2D eigenvalue weighted by atomic mass is 10.1. The average molecular weight is 287 g/mol.